The quantitative estimate of drug-likeness (QED) is 0.649. The number of aliphatic carboxylic acids is 1. The van der Waals surface area contributed by atoms with E-state index < -0.39 is 22.4 Å². The van der Waals surface area contributed by atoms with Gasteiger partial charge in [-0.15, -0.1) is 0 Å². The van der Waals surface area contributed by atoms with Crippen LogP contribution in [0.25, 0.3) is 6.08 Å². The minimum Gasteiger partial charge on any atom is -0.480 e. The number of carboxylic acid groups (broad SMARTS) is 1. The number of benzene rings is 1. The first-order chi connectivity index (χ1) is 8.73. The van der Waals surface area contributed by atoms with Gasteiger partial charge >= 0.3 is 16.4 Å². The van der Waals surface area contributed by atoms with Crippen LogP contribution in [-0.4, -0.2) is 30.1 Å². The van der Waals surface area contributed by atoms with E-state index in [2.05, 4.69) is 10.8 Å². The number of carbonyl (C=O) groups is 1. The molecule has 0 heterocycles. The van der Waals surface area contributed by atoms with Crippen LogP contribution in [0.3, 0.4) is 0 Å². The monoisotopic (exact) mass is 287 g/mol. The lowest BCUT2D eigenvalue weighted by Crippen LogP contribution is -2.32. The highest BCUT2D eigenvalue weighted by atomic mass is 32.3. The van der Waals surface area contributed by atoms with E-state index in [-0.39, 0.29) is 12.2 Å². The zero-order valence-electron chi connectivity index (χ0n) is 9.81. The minimum atomic E-state index is -4.63. The van der Waals surface area contributed by atoms with Gasteiger partial charge in [0.1, 0.15) is 6.04 Å². The summed E-state index contributed by atoms with van der Waals surface area (Å²) >= 11 is 0. The molecule has 104 valence electrons. The molecule has 1 rings (SSSR count). The van der Waals surface area contributed by atoms with Gasteiger partial charge in [0.05, 0.1) is 0 Å². The lowest BCUT2D eigenvalue weighted by Gasteiger charge is -2.10. The zero-order valence-corrected chi connectivity index (χ0v) is 10.6. The Labute approximate surface area is 110 Å². The fraction of sp³-hybridized carbons (Fsp3) is 0.182. The maximum atomic E-state index is 10.6. The molecule has 1 atom stereocenters. The van der Waals surface area contributed by atoms with Crippen molar-refractivity contribution in [1.82, 2.24) is 0 Å². The molecule has 0 aliphatic rings. The topological polar surface area (TPSA) is 127 Å². The first-order valence-electron chi connectivity index (χ1n) is 5.13. The van der Waals surface area contributed by atoms with Crippen molar-refractivity contribution >= 4 is 22.4 Å². The third-order valence-electron chi connectivity index (χ3n) is 2.26. The minimum absolute atomic E-state index is 0.0718. The van der Waals surface area contributed by atoms with Crippen LogP contribution in [-0.2, 0) is 21.6 Å². The molecule has 1 aromatic rings. The van der Waals surface area contributed by atoms with Crippen LogP contribution < -0.4 is 9.92 Å². The molecule has 0 aliphatic carbocycles. The van der Waals surface area contributed by atoms with Crippen molar-refractivity contribution in [2.75, 3.05) is 0 Å². The van der Waals surface area contributed by atoms with Gasteiger partial charge in [-0.1, -0.05) is 18.7 Å². The van der Waals surface area contributed by atoms with E-state index in [1.807, 2.05) is 0 Å². The third kappa shape index (κ3) is 4.70. The summed E-state index contributed by atoms with van der Waals surface area (Å²) in [6.07, 6.45) is 1.39. The third-order valence-corrected chi connectivity index (χ3v) is 2.65. The second-order valence-corrected chi connectivity index (χ2v) is 4.76. The van der Waals surface area contributed by atoms with Crippen molar-refractivity contribution in [2.45, 2.75) is 12.5 Å². The van der Waals surface area contributed by atoms with Crippen molar-refractivity contribution in [1.29, 1.82) is 0 Å². The van der Waals surface area contributed by atoms with Crippen molar-refractivity contribution in [2.24, 2.45) is 5.73 Å². The predicted octanol–water partition coefficient (Wildman–Crippen LogP) is 0.466. The van der Waals surface area contributed by atoms with E-state index in [4.69, 9.17) is 15.4 Å². The van der Waals surface area contributed by atoms with Crippen LogP contribution in [0.15, 0.2) is 24.8 Å². The highest BCUT2D eigenvalue weighted by molar-refractivity contribution is 7.81. The molecule has 0 bridgehead atoms. The van der Waals surface area contributed by atoms with Gasteiger partial charge in [0.25, 0.3) is 0 Å². The SMILES string of the molecule is C=Cc1cc(CC(N)C(=O)O)ccc1OS(=O)(=O)O. The van der Waals surface area contributed by atoms with Crippen LogP contribution in [0.4, 0.5) is 0 Å². The molecule has 0 spiro atoms. The van der Waals surface area contributed by atoms with Crippen LogP contribution in [0.1, 0.15) is 11.1 Å². The lowest BCUT2D eigenvalue weighted by atomic mass is 10.0. The van der Waals surface area contributed by atoms with Gasteiger partial charge in [-0.25, -0.2) is 0 Å². The Kier molecular flexibility index (Phi) is 4.65. The average Bonchev–Trinajstić information content (AvgIpc) is 2.29. The summed E-state index contributed by atoms with van der Waals surface area (Å²) in [5.74, 6) is -1.25. The Bertz CT molecular complexity index is 595. The molecule has 0 radical (unpaired) electrons. The van der Waals surface area contributed by atoms with E-state index in [0.29, 0.717) is 11.1 Å². The summed E-state index contributed by atoms with van der Waals surface area (Å²) in [5, 5.41) is 8.70. The number of hydrogen-bond acceptors (Lipinski definition) is 5. The smallest absolute Gasteiger partial charge is 0.446 e. The van der Waals surface area contributed by atoms with Crippen LogP contribution >= 0.6 is 0 Å². The summed E-state index contributed by atoms with van der Waals surface area (Å²) in [5.41, 5.74) is 6.26. The summed E-state index contributed by atoms with van der Waals surface area (Å²) in [4.78, 5) is 10.6. The Morgan fingerprint density at radius 3 is 2.63 bits per heavy atom. The number of hydrogen-bond donors (Lipinski definition) is 3. The summed E-state index contributed by atoms with van der Waals surface area (Å²) in [7, 11) is -4.63. The highest BCUT2D eigenvalue weighted by Gasteiger charge is 2.15. The number of carboxylic acids is 1. The number of nitrogens with two attached hydrogens (primary N) is 1. The van der Waals surface area contributed by atoms with Gasteiger partial charge in [0.2, 0.25) is 0 Å². The molecule has 8 heteroatoms. The molecule has 19 heavy (non-hydrogen) atoms. The normalized spacial score (nSPS) is 12.7. The molecule has 4 N–H and O–H groups in total. The Morgan fingerprint density at radius 1 is 1.53 bits per heavy atom. The highest BCUT2D eigenvalue weighted by Crippen LogP contribution is 2.23. The van der Waals surface area contributed by atoms with Crippen molar-refractivity contribution in [3.8, 4) is 5.75 Å². The fourth-order valence-electron chi connectivity index (χ4n) is 1.42. The molecule has 0 amide bonds. The Morgan fingerprint density at radius 2 is 2.16 bits per heavy atom. The molecule has 7 nitrogen and oxygen atoms in total. The van der Waals surface area contributed by atoms with Crippen LogP contribution in [0, 0.1) is 0 Å². The molecule has 1 unspecified atom stereocenters. The van der Waals surface area contributed by atoms with Crippen LogP contribution in [0.2, 0.25) is 0 Å². The summed E-state index contributed by atoms with van der Waals surface area (Å²) < 4.78 is 34.2. The largest absolute Gasteiger partial charge is 0.480 e. The maximum Gasteiger partial charge on any atom is 0.446 e. The van der Waals surface area contributed by atoms with Crippen molar-refractivity contribution in [3.63, 3.8) is 0 Å². The van der Waals surface area contributed by atoms with E-state index in [1.54, 1.807) is 0 Å². The van der Waals surface area contributed by atoms with Gasteiger partial charge in [0, 0.05) is 5.56 Å². The molecular weight excluding hydrogens is 274 g/mol. The average molecular weight is 287 g/mol. The summed E-state index contributed by atoms with van der Waals surface area (Å²) in [6.45, 7) is 3.47. The van der Waals surface area contributed by atoms with Crippen molar-refractivity contribution < 1.29 is 27.1 Å². The molecule has 0 aliphatic heterocycles. The summed E-state index contributed by atoms with van der Waals surface area (Å²) in [6, 6.07) is 3.16. The first-order valence-corrected chi connectivity index (χ1v) is 6.50. The Hall–Kier alpha value is -1.90. The van der Waals surface area contributed by atoms with Gasteiger partial charge in [-0.3, -0.25) is 9.35 Å². The standard InChI is InChI=1S/C11H13NO6S/c1-2-8-5-7(6-9(12)11(13)14)3-4-10(8)18-19(15,16)17/h2-5,9H,1,6,12H2,(H,13,14)(H,15,16,17). The van der Waals surface area contributed by atoms with E-state index in [1.165, 1.54) is 24.3 Å². The predicted molar refractivity (Wildman–Crippen MR) is 68.0 cm³/mol. The zero-order chi connectivity index (χ0) is 14.6. The lowest BCUT2D eigenvalue weighted by molar-refractivity contribution is -0.138. The Balaban J connectivity index is 3.02. The fourth-order valence-corrected chi connectivity index (χ4v) is 1.79. The molecule has 1 aromatic carbocycles. The number of rotatable bonds is 6. The van der Waals surface area contributed by atoms with Crippen LogP contribution in [0.5, 0.6) is 5.75 Å². The van der Waals surface area contributed by atoms with E-state index in [0.717, 1.165) is 0 Å². The second kappa shape index (κ2) is 5.83. The van der Waals surface area contributed by atoms with Gasteiger partial charge in [0.15, 0.2) is 5.75 Å². The van der Waals surface area contributed by atoms with Gasteiger partial charge < -0.3 is 15.0 Å². The van der Waals surface area contributed by atoms with E-state index in [9.17, 15) is 13.2 Å². The molecule has 0 saturated heterocycles. The van der Waals surface area contributed by atoms with Gasteiger partial charge in [-0.2, -0.15) is 8.42 Å². The molecule has 0 fully saturated rings. The van der Waals surface area contributed by atoms with Gasteiger partial charge in [-0.05, 0) is 24.1 Å². The molecular formula is C11H13NO6S. The molecule has 0 saturated carbocycles. The first kappa shape index (κ1) is 15.2. The van der Waals surface area contributed by atoms with Crippen molar-refractivity contribution in [3.05, 3.63) is 35.9 Å². The maximum absolute atomic E-state index is 10.6. The second-order valence-electron chi connectivity index (χ2n) is 3.74. The molecule has 0 aromatic heterocycles. The van der Waals surface area contributed by atoms with E-state index >= 15 is 0 Å².